The summed E-state index contributed by atoms with van der Waals surface area (Å²) in [6.45, 7) is 4.66. The van der Waals surface area contributed by atoms with Crippen molar-refractivity contribution in [3.05, 3.63) is 59.2 Å². The van der Waals surface area contributed by atoms with Gasteiger partial charge in [-0.1, -0.05) is 26.0 Å². The van der Waals surface area contributed by atoms with Gasteiger partial charge in [-0.05, 0) is 97.2 Å². The number of rotatable bonds is 3. The lowest BCUT2D eigenvalue weighted by Gasteiger charge is -2.57. The molecule has 2 aromatic rings. The van der Waals surface area contributed by atoms with Gasteiger partial charge in [-0.2, -0.15) is 0 Å². The molecule has 2 fully saturated rings. The molecule has 6 nitrogen and oxygen atoms in total. The highest BCUT2D eigenvalue weighted by atomic mass is 32.2. The van der Waals surface area contributed by atoms with Crippen molar-refractivity contribution in [2.45, 2.75) is 69.3 Å². The Labute approximate surface area is 195 Å². The Hall–Kier alpha value is -2.38. The number of aryl methyl sites for hydroxylation is 1. The Kier molecular flexibility index (Phi) is 5.14. The lowest BCUT2D eigenvalue weighted by atomic mass is 9.48. The molecule has 5 atom stereocenters. The van der Waals surface area contributed by atoms with Crippen LogP contribution in [0.2, 0.25) is 0 Å². The lowest BCUT2D eigenvalue weighted by Crippen LogP contribution is -2.50. The van der Waals surface area contributed by atoms with E-state index in [1.165, 1.54) is 29.3 Å². The Morgan fingerprint density at radius 1 is 1.06 bits per heavy atom. The van der Waals surface area contributed by atoms with Crippen molar-refractivity contribution in [2.24, 2.45) is 21.9 Å². The maximum absolute atomic E-state index is 13.0. The third-order valence-electron chi connectivity index (χ3n) is 8.90. The average molecular weight is 470 g/mol. The largest absolute Gasteiger partial charge is 0.508 e. The van der Waals surface area contributed by atoms with Crippen LogP contribution >= 0.6 is 0 Å². The van der Waals surface area contributed by atoms with E-state index in [4.69, 9.17) is 9.88 Å². The Balaban J connectivity index is 1.39. The molecule has 0 bridgehead atoms. The number of sulfonamides is 1. The number of fused-ring (bicyclic) bond motifs is 5. The zero-order valence-corrected chi connectivity index (χ0v) is 19.9. The van der Waals surface area contributed by atoms with Gasteiger partial charge in [0, 0.05) is 5.41 Å². The number of aromatic hydroxyl groups is 1. The van der Waals surface area contributed by atoms with Crippen molar-refractivity contribution in [3.63, 3.8) is 0 Å². The number of hydrogen-bond acceptors (Lipinski definition) is 5. The summed E-state index contributed by atoms with van der Waals surface area (Å²) >= 11 is 0. The number of nitrogens with two attached hydrogens (primary N) is 1. The molecule has 0 radical (unpaired) electrons. The average Bonchev–Trinajstić information content (AvgIpc) is 3.10. The fraction of sp³-hybridized carbons (Fsp3) is 0.500. The van der Waals surface area contributed by atoms with Crippen molar-refractivity contribution < 1.29 is 23.1 Å². The molecule has 0 aromatic heterocycles. The fourth-order valence-corrected chi connectivity index (χ4v) is 7.81. The van der Waals surface area contributed by atoms with Crippen LogP contribution in [0.15, 0.2) is 47.4 Å². The molecule has 3 aliphatic carbocycles. The summed E-state index contributed by atoms with van der Waals surface area (Å²) < 4.78 is 29.4. The quantitative estimate of drug-likeness (QED) is 0.643. The van der Waals surface area contributed by atoms with E-state index in [0.717, 1.165) is 38.5 Å². The monoisotopic (exact) mass is 469 g/mol. The molecule has 0 saturated heterocycles. The second-order valence-electron chi connectivity index (χ2n) is 10.6. The normalized spacial score (nSPS) is 33.0. The first-order valence-electron chi connectivity index (χ1n) is 11.7. The van der Waals surface area contributed by atoms with E-state index in [1.54, 1.807) is 12.1 Å². The van der Waals surface area contributed by atoms with E-state index in [9.17, 15) is 18.3 Å². The third-order valence-corrected chi connectivity index (χ3v) is 9.81. The number of carbonyl (C=O) groups is 1. The minimum atomic E-state index is -3.89. The molecule has 3 N–H and O–H groups in total. The van der Waals surface area contributed by atoms with Crippen LogP contribution in [0.5, 0.6) is 5.75 Å². The summed E-state index contributed by atoms with van der Waals surface area (Å²) in [5.41, 5.74) is 2.83. The SMILES string of the molecule is C[C@]12CC[C@@H]3c4ccc(O)cc4CC[C@@]3(C)[C@@H]1CC[C@@H]2OC(=O)c1cccc(S(N)(=O)=O)c1. The minimum absolute atomic E-state index is 0.0904. The highest BCUT2D eigenvalue weighted by Crippen LogP contribution is 2.67. The van der Waals surface area contributed by atoms with Crippen molar-refractivity contribution in [1.29, 1.82) is 0 Å². The summed E-state index contributed by atoms with van der Waals surface area (Å²) in [6.07, 6.45) is 5.62. The highest BCUT2D eigenvalue weighted by molar-refractivity contribution is 7.89. The van der Waals surface area contributed by atoms with E-state index in [1.807, 2.05) is 6.07 Å². The van der Waals surface area contributed by atoms with Crippen LogP contribution in [-0.4, -0.2) is 25.6 Å². The van der Waals surface area contributed by atoms with Gasteiger partial charge in [-0.25, -0.2) is 18.4 Å². The van der Waals surface area contributed by atoms with Gasteiger partial charge in [0.05, 0.1) is 10.5 Å². The second-order valence-corrected chi connectivity index (χ2v) is 12.1. The summed E-state index contributed by atoms with van der Waals surface area (Å²) in [4.78, 5) is 12.9. The van der Waals surface area contributed by atoms with E-state index >= 15 is 0 Å². The van der Waals surface area contributed by atoms with E-state index < -0.39 is 16.0 Å². The number of ether oxygens (including phenoxy) is 1. The molecular weight excluding hydrogens is 438 g/mol. The molecule has 33 heavy (non-hydrogen) atoms. The number of phenolic OH excluding ortho intramolecular Hbond substituents is 1. The summed E-state index contributed by atoms with van der Waals surface area (Å²) in [5, 5.41) is 15.1. The predicted octanol–water partition coefficient (Wildman–Crippen LogP) is 4.51. The molecule has 0 amide bonds. The van der Waals surface area contributed by atoms with Crippen molar-refractivity contribution in [2.75, 3.05) is 0 Å². The fourth-order valence-electron chi connectivity index (χ4n) is 7.25. The molecule has 0 spiro atoms. The molecule has 0 heterocycles. The Bertz CT molecular complexity index is 1220. The van der Waals surface area contributed by atoms with Crippen LogP contribution in [0, 0.1) is 16.7 Å². The van der Waals surface area contributed by atoms with Gasteiger partial charge in [0.25, 0.3) is 0 Å². The van der Waals surface area contributed by atoms with Gasteiger partial charge in [0.1, 0.15) is 11.9 Å². The predicted molar refractivity (Wildman–Crippen MR) is 124 cm³/mol. The maximum atomic E-state index is 13.0. The molecule has 3 aliphatic rings. The van der Waals surface area contributed by atoms with E-state index in [-0.39, 0.29) is 27.4 Å². The summed E-state index contributed by atoms with van der Waals surface area (Å²) in [7, 11) is -3.89. The molecule has 7 heteroatoms. The molecule has 2 saturated carbocycles. The maximum Gasteiger partial charge on any atom is 0.338 e. The Morgan fingerprint density at radius 2 is 1.85 bits per heavy atom. The van der Waals surface area contributed by atoms with Crippen LogP contribution in [0.4, 0.5) is 0 Å². The number of primary sulfonamides is 1. The molecular formula is C26H31NO5S. The second kappa shape index (κ2) is 7.57. The van der Waals surface area contributed by atoms with Crippen LogP contribution in [0.1, 0.15) is 73.4 Å². The van der Waals surface area contributed by atoms with Gasteiger partial charge in [-0.15, -0.1) is 0 Å². The van der Waals surface area contributed by atoms with Gasteiger partial charge < -0.3 is 9.84 Å². The van der Waals surface area contributed by atoms with Crippen molar-refractivity contribution >= 4 is 16.0 Å². The van der Waals surface area contributed by atoms with E-state index in [0.29, 0.717) is 17.6 Å². The first-order valence-corrected chi connectivity index (χ1v) is 13.2. The van der Waals surface area contributed by atoms with Crippen LogP contribution in [0.3, 0.4) is 0 Å². The molecule has 176 valence electrons. The van der Waals surface area contributed by atoms with Gasteiger partial charge in [0.15, 0.2) is 0 Å². The standard InChI is InChI=1S/C26H31NO5S/c1-25-12-10-16-14-18(28)6-7-20(16)21(25)11-13-26(2)22(25)8-9-23(26)32-24(29)17-4-3-5-19(15-17)33(27,30)31/h3-7,14-15,21-23,28H,8-13H2,1-2H3,(H2,27,30,31)/t21-,22+,23+,25-,26+/m1/s1. The van der Waals surface area contributed by atoms with Crippen LogP contribution in [-0.2, 0) is 21.2 Å². The van der Waals surface area contributed by atoms with Crippen molar-refractivity contribution in [3.8, 4) is 5.75 Å². The first kappa shape index (κ1) is 22.4. The molecule has 0 aliphatic heterocycles. The third kappa shape index (κ3) is 3.56. The molecule has 0 unspecified atom stereocenters. The number of benzene rings is 2. The number of phenols is 1. The highest BCUT2D eigenvalue weighted by Gasteiger charge is 2.61. The van der Waals surface area contributed by atoms with Crippen molar-refractivity contribution in [1.82, 2.24) is 0 Å². The first-order chi connectivity index (χ1) is 15.5. The van der Waals surface area contributed by atoms with Gasteiger partial charge in [0.2, 0.25) is 10.0 Å². The van der Waals surface area contributed by atoms with Gasteiger partial charge in [-0.3, -0.25) is 0 Å². The number of hydrogen-bond donors (Lipinski definition) is 2. The molecule has 2 aromatic carbocycles. The lowest BCUT2D eigenvalue weighted by molar-refractivity contribution is -0.0751. The zero-order chi connectivity index (χ0) is 23.6. The van der Waals surface area contributed by atoms with Crippen LogP contribution < -0.4 is 5.14 Å². The smallest absolute Gasteiger partial charge is 0.338 e. The topological polar surface area (TPSA) is 107 Å². The summed E-state index contributed by atoms with van der Waals surface area (Å²) in [6, 6.07) is 11.6. The van der Waals surface area contributed by atoms with E-state index in [2.05, 4.69) is 19.9 Å². The number of esters is 1. The summed E-state index contributed by atoms with van der Waals surface area (Å²) in [5.74, 6) is 0.710. The zero-order valence-electron chi connectivity index (χ0n) is 19.1. The van der Waals surface area contributed by atoms with Crippen LogP contribution in [0.25, 0.3) is 0 Å². The molecule has 5 rings (SSSR count). The number of carbonyl (C=O) groups excluding carboxylic acids is 1. The minimum Gasteiger partial charge on any atom is -0.508 e. The van der Waals surface area contributed by atoms with Gasteiger partial charge >= 0.3 is 5.97 Å². The Morgan fingerprint density at radius 3 is 2.61 bits per heavy atom.